The van der Waals surface area contributed by atoms with Crippen LogP contribution in [0, 0.1) is 6.92 Å². The van der Waals surface area contributed by atoms with Gasteiger partial charge in [-0.15, -0.1) is 5.10 Å². The van der Waals surface area contributed by atoms with Gasteiger partial charge < -0.3 is 14.5 Å². The Morgan fingerprint density at radius 1 is 1.08 bits per heavy atom. The van der Waals surface area contributed by atoms with Gasteiger partial charge in [0.25, 0.3) is 5.56 Å². The van der Waals surface area contributed by atoms with Crippen molar-refractivity contribution < 1.29 is 9.47 Å². The van der Waals surface area contributed by atoms with Gasteiger partial charge in [-0.2, -0.15) is 0 Å². The van der Waals surface area contributed by atoms with Gasteiger partial charge in [-0.25, -0.2) is 4.68 Å². The summed E-state index contributed by atoms with van der Waals surface area (Å²) in [6, 6.07) is 14.4. The number of tetrazole rings is 1. The van der Waals surface area contributed by atoms with Crippen LogP contribution >= 0.6 is 0 Å². The normalized spacial score (nSPS) is 14.8. The molecule has 2 aromatic heterocycles. The van der Waals surface area contributed by atoms with Gasteiger partial charge in [0, 0.05) is 24.2 Å². The van der Waals surface area contributed by atoms with E-state index in [9.17, 15) is 4.79 Å². The number of ether oxygens (including phenoxy) is 2. The maximum Gasteiger partial charge on any atom is 0.252 e. The molecule has 2 heterocycles. The fourth-order valence-corrected chi connectivity index (χ4v) is 5.79. The minimum atomic E-state index is -0.0623. The highest BCUT2D eigenvalue weighted by Crippen LogP contribution is 2.33. The van der Waals surface area contributed by atoms with Gasteiger partial charge in [0.2, 0.25) is 0 Å². The van der Waals surface area contributed by atoms with Crippen molar-refractivity contribution in [2.24, 2.45) is 0 Å². The lowest BCUT2D eigenvalue weighted by atomic mass is 10.1. The summed E-state index contributed by atoms with van der Waals surface area (Å²) in [6.07, 6.45) is 6.20. The third-order valence-corrected chi connectivity index (χ3v) is 7.90. The molecule has 1 saturated carbocycles. The first-order valence-corrected chi connectivity index (χ1v) is 13.9. The molecule has 9 nitrogen and oxygen atoms in total. The number of benzene rings is 2. The quantitative estimate of drug-likeness (QED) is 0.286. The summed E-state index contributed by atoms with van der Waals surface area (Å²) in [7, 11) is 3.29. The average molecular weight is 531 g/mol. The molecule has 0 saturated heterocycles. The number of aromatic amines is 1. The van der Waals surface area contributed by atoms with Crippen molar-refractivity contribution in [1.82, 2.24) is 30.1 Å². The zero-order valence-electron chi connectivity index (χ0n) is 23.3. The number of pyridine rings is 1. The van der Waals surface area contributed by atoms with Crippen LogP contribution in [0.5, 0.6) is 11.5 Å². The minimum absolute atomic E-state index is 0.0339. The molecule has 39 heavy (non-hydrogen) atoms. The van der Waals surface area contributed by atoms with Gasteiger partial charge in [-0.05, 0) is 84.3 Å². The standard InChI is InChI=1S/C30H38N6O3/c1-5-26(29-32-33-34-36(29)24-8-6-7-9-24)35(15-14-21-11-13-27(38-3)28(17-21)39-4)19-23-18-22-16-20(2)10-12-25(22)31-30(23)37/h10-13,16-18,24,26H,5-9,14-15,19H2,1-4H3,(H,31,37)/t26-/m1/s1. The van der Waals surface area contributed by atoms with Gasteiger partial charge in [0.05, 0.1) is 26.3 Å². The molecule has 0 aliphatic heterocycles. The number of hydrogen-bond acceptors (Lipinski definition) is 7. The van der Waals surface area contributed by atoms with Gasteiger partial charge >= 0.3 is 0 Å². The highest BCUT2D eigenvalue weighted by atomic mass is 16.5. The van der Waals surface area contributed by atoms with Crippen LogP contribution in [0.1, 0.15) is 73.6 Å². The second-order valence-corrected chi connectivity index (χ2v) is 10.5. The predicted octanol–water partition coefficient (Wildman–Crippen LogP) is 5.15. The van der Waals surface area contributed by atoms with Crippen LogP contribution in [0.2, 0.25) is 0 Å². The van der Waals surface area contributed by atoms with Gasteiger partial charge in [0.15, 0.2) is 17.3 Å². The van der Waals surface area contributed by atoms with Crippen LogP contribution < -0.4 is 15.0 Å². The molecule has 2 aromatic carbocycles. The smallest absolute Gasteiger partial charge is 0.252 e. The lowest BCUT2D eigenvalue weighted by molar-refractivity contribution is 0.169. The van der Waals surface area contributed by atoms with Crippen LogP contribution in [-0.4, -0.2) is 50.9 Å². The third-order valence-electron chi connectivity index (χ3n) is 7.90. The molecule has 5 rings (SSSR count). The van der Waals surface area contributed by atoms with Crippen LogP contribution in [-0.2, 0) is 13.0 Å². The van der Waals surface area contributed by atoms with Crippen LogP contribution in [0.3, 0.4) is 0 Å². The molecule has 1 fully saturated rings. The van der Waals surface area contributed by atoms with E-state index in [1.54, 1.807) is 14.2 Å². The Kier molecular flexibility index (Phi) is 8.26. The third kappa shape index (κ3) is 5.83. The summed E-state index contributed by atoms with van der Waals surface area (Å²) < 4.78 is 13.0. The summed E-state index contributed by atoms with van der Waals surface area (Å²) in [4.78, 5) is 18.6. The average Bonchev–Trinajstić information content (AvgIpc) is 3.65. The van der Waals surface area contributed by atoms with E-state index in [4.69, 9.17) is 9.47 Å². The topological polar surface area (TPSA) is 98.2 Å². The molecule has 4 aromatic rings. The first-order valence-electron chi connectivity index (χ1n) is 13.9. The van der Waals surface area contributed by atoms with E-state index < -0.39 is 0 Å². The van der Waals surface area contributed by atoms with Crippen molar-refractivity contribution >= 4 is 10.9 Å². The van der Waals surface area contributed by atoms with E-state index in [2.05, 4.69) is 51.4 Å². The van der Waals surface area contributed by atoms with Crippen molar-refractivity contribution in [2.45, 2.75) is 71.0 Å². The number of aromatic nitrogens is 5. The zero-order chi connectivity index (χ0) is 27.4. The molecule has 1 aliphatic rings. The van der Waals surface area contributed by atoms with E-state index >= 15 is 0 Å². The van der Waals surface area contributed by atoms with Gasteiger partial charge in [0.1, 0.15) is 0 Å². The molecule has 0 unspecified atom stereocenters. The largest absolute Gasteiger partial charge is 0.493 e. The van der Waals surface area contributed by atoms with Gasteiger partial charge in [-0.1, -0.05) is 37.5 Å². The molecular formula is C30H38N6O3. The predicted molar refractivity (Wildman–Crippen MR) is 151 cm³/mol. The monoisotopic (exact) mass is 530 g/mol. The van der Waals surface area contributed by atoms with Crippen molar-refractivity contribution in [3.05, 3.63) is 75.3 Å². The number of nitrogens with zero attached hydrogens (tertiary/aromatic N) is 5. The fraction of sp³-hybridized carbons (Fsp3) is 0.467. The molecule has 1 N–H and O–H groups in total. The van der Waals surface area contributed by atoms with Crippen molar-refractivity contribution in [2.75, 3.05) is 20.8 Å². The number of aryl methyl sites for hydroxylation is 1. The maximum atomic E-state index is 13.2. The molecule has 0 radical (unpaired) electrons. The Morgan fingerprint density at radius 3 is 2.62 bits per heavy atom. The molecular weight excluding hydrogens is 492 g/mol. The Hall–Kier alpha value is -3.72. The Labute approximate surface area is 229 Å². The molecule has 0 amide bonds. The first-order chi connectivity index (χ1) is 19.0. The lowest BCUT2D eigenvalue weighted by Gasteiger charge is -2.31. The minimum Gasteiger partial charge on any atom is -0.493 e. The first kappa shape index (κ1) is 26.9. The molecule has 9 heteroatoms. The Bertz CT molecular complexity index is 1470. The van der Waals surface area contributed by atoms with Crippen molar-refractivity contribution in [3.8, 4) is 11.5 Å². The summed E-state index contributed by atoms with van der Waals surface area (Å²) in [5.41, 5.74) is 3.81. The van der Waals surface area contributed by atoms with Gasteiger partial charge in [-0.3, -0.25) is 9.69 Å². The van der Waals surface area contributed by atoms with E-state index in [1.807, 2.05) is 35.0 Å². The second kappa shape index (κ2) is 12.0. The summed E-state index contributed by atoms with van der Waals surface area (Å²) >= 11 is 0. The van der Waals surface area contributed by atoms with E-state index in [-0.39, 0.29) is 11.6 Å². The fourth-order valence-electron chi connectivity index (χ4n) is 5.79. The molecule has 206 valence electrons. The number of rotatable bonds is 11. The zero-order valence-corrected chi connectivity index (χ0v) is 23.3. The van der Waals surface area contributed by atoms with E-state index in [0.29, 0.717) is 24.1 Å². The van der Waals surface area contributed by atoms with E-state index in [1.165, 1.54) is 12.8 Å². The van der Waals surface area contributed by atoms with Crippen LogP contribution in [0.4, 0.5) is 0 Å². The number of nitrogens with one attached hydrogen (secondary N) is 1. The highest BCUT2D eigenvalue weighted by Gasteiger charge is 2.29. The summed E-state index contributed by atoms with van der Waals surface area (Å²) in [6.45, 7) is 5.44. The Balaban J connectivity index is 1.49. The SMILES string of the molecule is CC[C@H](c1nnnn1C1CCCC1)N(CCc1ccc(OC)c(OC)c1)Cc1cc2cc(C)ccc2[nH]c1=O. The molecule has 0 spiro atoms. The highest BCUT2D eigenvalue weighted by molar-refractivity contribution is 5.79. The van der Waals surface area contributed by atoms with E-state index in [0.717, 1.165) is 65.6 Å². The van der Waals surface area contributed by atoms with Crippen molar-refractivity contribution in [1.29, 1.82) is 0 Å². The van der Waals surface area contributed by atoms with Crippen LogP contribution in [0.15, 0.2) is 47.3 Å². The molecule has 1 atom stereocenters. The summed E-state index contributed by atoms with van der Waals surface area (Å²) in [5, 5.41) is 14.1. The lowest BCUT2D eigenvalue weighted by Crippen LogP contribution is -2.34. The molecule has 1 aliphatic carbocycles. The summed E-state index contributed by atoms with van der Waals surface area (Å²) in [5.74, 6) is 2.29. The number of H-pyrrole nitrogens is 1. The Morgan fingerprint density at radius 2 is 1.87 bits per heavy atom. The maximum absolute atomic E-state index is 13.2. The van der Waals surface area contributed by atoms with Crippen molar-refractivity contribution in [3.63, 3.8) is 0 Å². The number of fused-ring (bicyclic) bond motifs is 1. The number of hydrogen-bond donors (Lipinski definition) is 1. The molecule has 0 bridgehead atoms. The van der Waals surface area contributed by atoms with Crippen LogP contribution in [0.25, 0.3) is 10.9 Å². The number of methoxy groups -OCH3 is 2. The second-order valence-electron chi connectivity index (χ2n) is 10.5.